The van der Waals surface area contributed by atoms with Gasteiger partial charge in [0, 0.05) is 43.1 Å². The first-order chi connectivity index (χ1) is 19.5. The Morgan fingerprint density at radius 2 is 2.10 bits per heavy atom. The fraction of sp³-hybridized carbons (Fsp3) is 0.444. The lowest BCUT2D eigenvalue weighted by Gasteiger charge is -2.33. The van der Waals surface area contributed by atoms with Crippen molar-refractivity contribution in [1.82, 2.24) is 29.5 Å². The number of benzene rings is 1. The van der Waals surface area contributed by atoms with Crippen LogP contribution in [-0.4, -0.2) is 79.8 Å². The van der Waals surface area contributed by atoms with Crippen molar-refractivity contribution in [3.05, 3.63) is 54.2 Å². The lowest BCUT2D eigenvalue weighted by molar-refractivity contribution is -0.139. The number of likely N-dealkylation sites (tertiary alicyclic amines) is 1. The van der Waals surface area contributed by atoms with Crippen LogP contribution in [0.1, 0.15) is 29.6 Å². The summed E-state index contributed by atoms with van der Waals surface area (Å²) in [5.74, 6) is -0.493. The molecule has 220 valence electrons. The number of piperidine rings is 1. The molecular formula is C27H31F4N7O3. The van der Waals surface area contributed by atoms with Crippen molar-refractivity contribution in [2.75, 3.05) is 25.5 Å². The predicted octanol–water partition coefficient (Wildman–Crippen LogP) is 3.82. The van der Waals surface area contributed by atoms with E-state index in [1.54, 1.807) is 48.1 Å². The van der Waals surface area contributed by atoms with Gasteiger partial charge in [0.2, 0.25) is 11.7 Å². The van der Waals surface area contributed by atoms with E-state index in [2.05, 4.69) is 20.8 Å². The van der Waals surface area contributed by atoms with Crippen molar-refractivity contribution in [2.24, 2.45) is 0 Å². The minimum absolute atomic E-state index is 0.00511. The molecule has 3 N–H and O–H groups in total. The highest BCUT2D eigenvalue weighted by atomic mass is 19.4. The fourth-order valence-corrected chi connectivity index (χ4v) is 5.05. The quantitative estimate of drug-likeness (QED) is 0.259. The maximum atomic E-state index is 14.7. The zero-order valence-electron chi connectivity index (χ0n) is 22.5. The minimum Gasteiger partial charge on any atom is -0.392 e. The zero-order valence-corrected chi connectivity index (χ0v) is 22.5. The normalized spacial score (nSPS) is 19.0. The number of anilines is 1. The first-order valence-electron chi connectivity index (χ1n) is 13.2. The Morgan fingerprint density at radius 3 is 2.83 bits per heavy atom. The van der Waals surface area contributed by atoms with Crippen LogP contribution in [0.4, 0.5) is 23.2 Å². The van der Waals surface area contributed by atoms with E-state index in [9.17, 15) is 27.5 Å². The van der Waals surface area contributed by atoms with Crippen LogP contribution in [0.3, 0.4) is 0 Å². The van der Waals surface area contributed by atoms with E-state index >= 15 is 0 Å². The van der Waals surface area contributed by atoms with Crippen LogP contribution < -0.4 is 10.6 Å². The molecule has 0 aliphatic carbocycles. The number of hydrogen-bond acceptors (Lipinski definition) is 7. The molecule has 1 aliphatic heterocycles. The third kappa shape index (κ3) is 6.70. The van der Waals surface area contributed by atoms with Gasteiger partial charge in [0.1, 0.15) is 12.7 Å². The summed E-state index contributed by atoms with van der Waals surface area (Å²) in [6.07, 6.45) is -2.45. The van der Waals surface area contributed by atoms with Gasteiger partial charge < -0.3 is 34.3 Å². The fourth-order valence-electron chi connectivity index (χ4n) is 5.05. The van der Waals surface area contributed by atoms with E-state index < -0.39 is 36.9 Å². The van der Waals surface area contributed by atoms with Crippen LogP contribution in [0, 0.1) is 0 Å². The molecule has 4 heterocycles. The number of aliphatic hydroxyl groups excluding tert-OH is 1. The molecule has 3 aromatic heterocycles. The summed E-state index contributed by atoms with van der Waals surface area (Å²) in [4.78, 5) is 18.7. The number of hydrogen-bond donors (Lipinski definition) is 3. The van der Waals surface area contributed by atoms with Crippen LogP contribution in [0.5, 0.6) is 0 Å². The molecule has 3 atom stereocenters. The molecule has 1 fully saturated rings. The second-order valence-electron chi connectivity index (χ2n) is 10.4. The molecule has 14 heteroatoms. The van der Waals surface area contributed by atoms with Gasteiger partial charge in [0.25, 0.3) is 5.91 Å². The standard InChI is InChI=1S/C27H31F4N7O3/c1-16(39)12-37-9-6-17(13-37)26(40)32-11-24-34-25(35-41-24)23-10-18-20(33-21-7-8-36(2)14-19(21)28)4-3-5-22(18)38(23)15-27(29,30)31/h3-6,9-10,13,16,19,21,33,39H,7-8,11-12,14-15H2,1-2H3,(H,32,40)/t16?,19-,21+/m0/s1. The van der Waals surface area contributed by atoms with Crippen molar-refractivity contribution >= 4 is 22.5 Å². The summed E-state index contributed by atoms with van der Waals surface area (Å²) in [6.45, 7) is 1.49. The van der Waals surface area contributed by atoms with Gasteiger partial charge in [0.05, 0.1) is 35.5 Å². The number of aliphatic hydroxyl groups is 1. The first kappa shape index (κ1) is 28.6. The zero-order chi connectivity index (χ0) is 29.3. The van der Waals surface area contributed by atoms with Gasteiger partial charge in [-0.3, -0.25) is 4.79 Å². The van der Waals surface area contributed by atoms with Gasteiger partial charge in [0.15, 0.2) is 0 Å². The molecular weight excluding hydrogens is 546 g/mol. The number of alkyl halides is 4. The number of nitrogens with one attached hydrogen (secondary N) is 2. The number of amides is 1. The first-order valence-corrected chi connectivity index (χ1v) is 13.2. The van der Waals surface area contributed by atoms with Crippen molar-refractivity contribution in [3.8, 4) is 11.5 Å². The Balaban J connectivity index is 1.38. The van der Waals surface area contributed by atoms with Crippen molar-refractivity contribution in [3.63, 3.8) is 0 Å². The Morgan fingerprint density at radius 1 is 1.29 bits per heavy atom. The van der Waals surface area contributed by atoms with Gasteiger partial charge >= 0.3 is 6.18 Å². The van der Waals surface area contributed by atoms with Gasteiger partial charge in [-0.25, -0.2) is 4.39 Å². The smallest absolute Gasteiger partial charge is 0.392 e. The molecule has 5 rings (SSSR count). The van der Waals surface area contributed by atoms with E-state index in [0.29, 0.717) is 36.1 Å². The lowest BCUT2D eigenvalue weighted by Crippen LogP contribution is -2.46. The molecule has 0 spiro atoms. The summed E-state index contributed by atoms with van der Waals surface area (Å²) < 4.78 is 63.6. The SMILES string of the molecule is CC(O)Cn1ccc(C(=O)NCc2nc(-c3cc4c(N[C@@H]5CCN(C)C[C@@H]5F)cccc4n3CC(F)(F)F)no2)c1. The molecule has 1 unspecified atom stereocenters. The highest BCUT2D eigenvalue weighted by Gasteiger charge is 2.32. The maximum Gasteiger partial charge on any atom is 0.406 e. The van der Waals surface area contributed by atoms with Crippen LogP contribution in [0.2, 0.25) is 0 Å². The van der Waals surface area contributed by atoms with Gasteiger partial charge in [-0.15, -0.1) is 0 Å². The summed E-state index contributed by atoms with van der Waals surface area (Å²) >= 11 is 0. The molecule has 1 aliphatic rings. The molecule has 1 saturated heterocycles. The van der Waals surface area contributed by atoms with Crippen LogP contribution in [-0.2, 0) is 19.6 Å². The second kappa shape index (κ2) is 11.5. The Labute approximate surface area is 232 Å². The summed E-state index contributed by atoms with van der Waals surface area (Å²) in [7, 11) is 1.84. The number of fused-ring (bicyclic) bond motifs is 1. The van der Waals surface area contributed by atoms with E-state index in [1.807, 2.05) is 11.9 Å². The Hall–Kier alpha value is -3.91. The molecule has 0 saturated carbocycles. The molecule has 10 nitrogen and oxygen atoms in total. The highest BCUT2D eigenvalue weighted by Crippen LogP contribution is 2.35. The van der Waals surface area contributed by atoms with E-state index in [0.717, 1.165) is 4.57 Å². The molecule has 41 heavy (non-hydrogen) atoms. The van der Waals surface area contributed by atoms with Crippen molar-refractivity contribution < 1.29 is 32.0 Å². The van der Waals surface area contributed by atoms with E-state index in [4.69, 9.17) is 4.52 Å². The third-order valence-corrected chi connectivity index (χ3v) is 6.95. The van der Waals surface area contributed by atoms with Crippen molar-refractivity contribution in [1.29, 1.82) is 0 Å². The number of carbonyl (C=O) groups excluding carboxylic acids is 1. The van der Waals surface area contributed by atoms with Gasteiger partial charge in [-0.1, -0.05) is 11.2 Å². The Kier molecular flexibility index (Phi) is 8.04. The van der Waals surface area contributed by atoms with Crippen LogP contribution in [0.15, 0.2) is 47.2 Å². The molecule has 1 amide bonds. The lowest BCUT2D eigenvalue weighted by atomic mass is 10.0. The molecule has 0 bridgehead atoms. The maximum absolute atomic E-state index is 14.7. The molecule has 1 aromatic carbocycles. The number of rotatable bonds is 9. The van der Waals surface area contributed by atoms with E-state index in [-0.39, 0.29) is 36.0 Å². The monoisotopic (exact) mass is 577 g/mol. The average Bonchev–Trinajstić information content (AvgIpc) is 3.63. The largest absolute Gasteiger partial charge is 0.406 e. The third-order valence-electron chi connectivity index (χ3n) is 6.95. The van der Waals surface area contributed by atoms with Gasteiger partial charge in [-0.2, -0.15) is 18.2 Å². The summed E-state index contributed by atoms with van der Waals surface area (Å²) in [5, 5.41) is 19.7. The number of carbonyl (C=O) groups is 1. The minimum atomic E-state index is -4.53. The van der Waals surface area contributed by atoms with Crippen LogP contribution >= 0.6 is 0 Å². The summed E-state index contributed by atoms with van der Waals surface area (Å²) in [6, 6.07) is 7.53. The predicted molar refractivity (Wildman–Crippen MR) is 143 cm³/mol. The van der Waals surface area contributed by atoms with Crippen molar-refractivity contribution in [2.45, 2.75) is 57.5 Å². The van der Waals surface area contributed by atoms with Gasteiger partial charge in [-0.05, 0) is 44.7 Å². The topological polar surface area (TPSA) is 113 Å². The summed E-state index contributed by atoms with van der Waals surface area (Å²) in [5.41, 5.74) is 1.23. The van der Waals surface area contributed by atoms with Crippen LogP contribution in [0.25, 0.3) is 22.4 Å². The molecule has 0 radical (unpaired) electrons. The second-order valence-corrected chi connectivity index (χ2v) is 10.4. The van der Waals surface area contributed by atoms with E-state index in [1.165, 1.54) is 6.07 Å². The Bertz CT molecular complexity index is 1510. The highest BCUT2D eigenvalue weighted by molar-refractivity contribution is 5.96. The average molecular weight is 578 g/mol. The number of nitrogens with zero attached hydrogens (tertiary/aromatic N) is 5. The molecule has 4 aromatic rings. The number of aromatic nitrogens is 4. The number of halogens is 4.